The minimum Gasteiger partial charge on any atom is -0.497 e. The van der Waals surface area contributed by atoms with Crippen LogP contribution in [0.25, 0.3) is 0 Å². The van der Waals surface area contributed by atoms with Gasteiger partial charge in [-0.3, -0.25) is 9.79 Å². The third-order valence-electron chi connectivity index (χ3n) is 4.49. The number of carbonyl (C=O) groups is 1. The molecule has 0 atom stereocenters. The molecule has 0 aliphatic carbocycles. The predicted molar refractivity (Wildman–Crippen MR) is 116 cm³/mol. The molecule has 0 radical (unpaired) electrons. The maximum absolute atomic E-state index is 12.2. The maximum Gasteiger partial charge on any atom is 0.251 e. The first-order chi connectivity index (χ1) is 14.7. The van der Waals surface area contributed by atoms with Crippen LogP contribution in [-0.4, -0.2) is 51.9 Å². The second-order valence-electron chi connectivity index (χ2n) is 6.61. The van der Waals surface area contributed by atoms with Gasteiger partial charge < -0.3 is 30.2 Å². The van der Waals surface area contributed by atoms with Crippen molar-refractivity contribution in [2.75, 3.05) is 40.1 Å². The van der Waals surface area contributed by atoms with E-state index in [0.29, 0.717) is 36.9 Å². The van der Waals surface area contributed by atoms with E-state index in [-0.39, 0.29) is 12.7 Å². The Labute approximate surface area is 176 Å². The lowest BCUT2D eigenvalue weighted by molar-refractivity contribution is 0.0954. The fourth-order valence-electron chi connectivity index (χ4n) is 2.96. The molecule has 8 nitrogen and oxygen atoms in total. The van der Waals surface area contributed by atoms with Crippen molar-refractivity contribution >= 4 is 11.9 Å². The molecule has 1 aliphatic heterocycles. The smallest absolute Gasteiger partial charge is 0.251 e. The van der Waals surface area contributed by atoms with Crippen LogP contribution in [0.5, 0.6) is 17.2 Å². The Hall–Kier alpha value is -3.42. The number of amides is 1. The molecule has 3 rings (SSSR count). The fourth-order valence-corrected chi connectivity index (χ4v) is 2.96. The molecule has 0 unspecified atom stereocenters. The summed E-state index contributed by atoms with van der Waals surface area (Å²) in [5, 5.41) is 9.33. The number of ether oxygens (including phenoxy) is 3. The van der Waals surface area contributed by atoms with Crippen LogP contribution in [0.2, 0.25) is 0 Å². The Bertz CT molecular complexity index is 885. The molecule has 1 heterocycles. The Balaban J connectivity index is 1.42. The summed E-state index contributed by atoms with van der Waals surface area (Å²) in [7, 11) is 1.58. The highest BCUT2D eigenvalue weighted by molar-refractivity contribution is 5.94. The molecule has 30 heavy (non-hydrogen) atoms. The Morgan fingerprint density at radius 2 is 1.90 bits per heavy atom. The summed E-state index contributed by atoms with van der Waals surface area (Å²) in [5.74, 6) is 2.81. The standard InChI is InChI=1S/C22H28N4O4/c1-3-23-22(25-10-9-16-7-8-19-20(13-16)30-15-29-19)26-12-11-24-21(27)17-5-4-6-18(14-17)28-2/h4-8,13-14H,3,9-12,15H2,1-2H3,(H,24,27)(H2,23,25,26). The van der Waals surface area contributed by atoms with E-state index in [9.17, 15) is 4.79 Å². The second-order valence-corrected chi connectivity index (χ2v) is 6.61. The maximum atomic E-state index is 12.2. The molecule has 0 spiro atoms. The van der Waals surface area contributed by atoms with Crippen LogP contribution in [0.15, 0.2) is 47.5 Å². The molecule has 160 valence electrons. The quantitative estimate of drug-likeness (QED) is 0.331. The van der Waals surface area contributed by atoms with Gasteiger partial charge >= 0.3 is 0 Å². The van der Waals surface area contributed by atoms with Crippen LogP contribution in [-0.2, 0) is 6.42 Å². The molecular formula is C22H28N4O4. The van der Waals surface area contributed by atoms with Crippen LogP contribution in [0, 0.1) is 0 Å². The van der Waals surface area contributed by atoms with Crippen molar-refractivity contribution in [3.63, 3.8) is 0 Å². The zero-order chi connectivity index (χ0) is 21.2. The first-order valence-corrected chi connectivity index (χ1v) is 10.0. The highest BCUT2D eigenvalue weighted by Crippen LogP contribution is 2.32. The van der Waals surface area contributed by atoms with Gasteiger partial charge in [0.1, 0.15) is 5.75 Å². The van der Waals surface area contributed by atoms with Crippen molar-refractivity contribution < 1.29 is 19.0 Å². The number of fused-ring (bicyclic) bond motifs is 1. The summed E-state index contributed by atoms with van der Waals surface area (Å²) in [6.07, 6.45) is 0.791. The summed E-state index contributed by atoms with van der Waals surface area (Å²) >= 11 is 0. The first kappa shape index (κ1) is 21.3. The van der Waals surface area contributed by atoms with Gasteiger partial charge in [-0.15, -0.1) is 0 Å². The largest absolute Gasteiger partial charge is 0.497 e. The highest BCUT2D eigenvalue weighted by atomic mass is 16.7. The lowest BCUT2D eigenvalue weighted by Crippen LogP contribution is -2.41. The molecule has 0 fully saturated rings. The van der Waals surface area contributed by atoms with Gasteiger partial charge in [0.25, 0.3) is 5.91 Å². The summed E-state index contributed by atoms with van der Waals surface area (Å²) < 4.78 is 15.9. The molecule has 2 aromatic rings. The number of rotatable bonds is 9. The van der Waals surface area contributed by atoms with Crippen LogP contribution in [0.1, 0.15) is 22.8 Å². The average Bonchev–Trinajstić information content (AvgIpc) is 3.24. The summed E-state index contributed by atoms with van der Waals surface area (Å²) in [6, 6.07) is 13.0. The number of nitrogens with one attached hydrogen (secondary N) is 3. The van der Waals surface area contributed by atoms with Crippen molar-refractivity contribution in [1.82, 2.24) is 16.0 Å². The van der Waals surface area contributed by atoms with Crippen molar-refractivity contribution in [3.8, 4) is 17.2 Å². The van der Waals surface area contributed by atoms with Crippen molar-refractivity contribution in [1.29, 1.82) is 0 Å². The van der Waals surface area contributed by atoms with Crippen molar-refractivity contribution in [3.05, 3.63) is 53.6 Å². The molecule has 3 N–H and O–H groups in total. The number of hydrogen-bond donors (Lipinski definition) is 3. The zero-order valence-electron chi connectivity index (χ0n) is 17.4. The Morgan fingerprint density at radius 1 is 1.07 bits per heavy atom. The second kappa shape index (κ2) is 10.9. The van der Waals surface area contributed by atoms with Gasteiger partial charge in [-0.05, 0) is 49.2 Å². The molecule has 2 aromatic carbocycles. The van der Waals surface area contributed by atoms with Gasteiger partial charge in [0.2, 0.25) is 6.79 Å². The zero-order valence-corrected chi connectivity index (χ0v) is 17.4. The van der Waals surface area contributed by atoms with Crippen molar-refractivity contribution in [2.45, 2.75) is 13.3 Å². The molecule has 0 aromatic heterocycles. The van der Waals surface area contributed by atoms with Gasteiger partial charge in [-0.1, -0.05) is 12.1 Å². The van der Waals surface area contributed by atoms with Crippen LogP contribution >= 0.6 is 0 Å². The third kappa shape index (κ3) is 6.04. The summed E-state index contributed by atoms with van der Waals surface area (Å²) in [4.78, 5) is 16.8. The highest BCUT2D eigenvalue weighted by Gasteiger charge is 2.13. The average molecular weight is 412 g/mol. The number of nitrogens with zero attached hydrogens (tertiary/aromatic N) is 1. The van der Waals surface area contributed by atoms with E-state index in [2.05, 4.69) is 20.9 Å². The van der Waals surface area contributed by atoms with Gasteiger partial charge in [-0.25, -0.2) is 0 Å². The minimum atomic E-state index is -0.138. The number of methoxy groups -OCH3 is 1. The van der Waals surface area contributed by atoms with Gasteiger partial charge in [-0.2, -0.15) is 0 Å². The normalized spacial score (nSPS) is 12.4. The molecule has 8 heteroatoms. The molecule has 0 bridgehead atoms. The minimum absolute atomic E-state index is 0.138. The van der Waals surface area contributed by atoms with E-state index < -0.39 is 0 Å². The Morgan fingerprint density at radius 3 is 2.73 bits per heavy atom. The van der Waals surface area contributed by atoms with Gasteiger partial charge in [0.15, 0.2) is 17.5 Å². The number of carbonyl (C=O) groups excluding carboxylic acids is 1. The SMILES string of the molecule is CCNC(=NCCc1ccc2c(c1)OCO2)NCCNC(=O)c1cccc(OC)c1. The van der Waals surface area contributed by atoms with E-state index >= 15 is 0 Å². The molecule has 0 saturated carbocycles. The van der Waals surface area contributed by atoms with Crippen LogP contribution in [0.4, 0.5) is 0 Å². The third-order valence-corrected chi connectivity index (χ3v) is 4.49. The van der Waals surface area contributed by atoms with E-state index in [0.717, 1.165) is 30.0 Å². The topological polar surface area (TPSA) is 93.2 Å². The number of guanidine groups is 1. The summed E-state index contributed by atoms with van der Waals surface area (Å²) in [6.45, 7) is 4.71. The lowest BCUT2D eigenvalue weighted by atomic mass is 10.1. The van der Waals surface area contributed by atoms with Crippen LogP contribution in [0.3, 0.4) is 0 Å². The fraction of sp³-hybridized carbons (Fsp3) is 0.364. The predicted octanol–water partition coefficient (Wildman–Crippen LogP) is 1.95. The van der Waals surface area contributed by atoms with Gasteiger partial charge in [0, 0.05) is 31.7 Å². The molecule has 1 amide bonds. The number of hydrogen-bond acceptors (Lipinski definition) is 5. The van der Waals surface area contributed by atoms with Gasteiger partial charge in [0.05, 0.1) is 7.11 Å². The van der Waals surface area contributed by atoms with E-state index in [1.54, 1.807) is 31.4 Å². The van der Waals surface area contributed by atoms with E-state index in [1.165, 1.54) is 0 Å². The first-order valence-electron chi connectivity index (χ1n) is 10.0. The number of benzene rings is 2. The number of aliphatic imine (C=N–C) groups is 1. The summed E-state index contributed by atoms with van der Waals surface area (Å²) in [5.41, 5.74) is 1.71. The molecule has 0 saturated heterocycles. The van der Waals surface area contributed by atoms with Crippen LogP contribution < -0.4 is 30.2 Å². The lowest BCUT2D eigenvalue weighted by Gasteiger charge is -2.12. The van der Waals surface area contributed by atoms with E-state index in [4.69, 9.17) is 14.2 Å². The van der Waals surface area contributed by atoms with Crippen molar-refractivity contribution in [2.24, 2.45) is 4.99 Å². The molecule has 1 aliphatic rings. The Kier molecular flexibility index (Phi) is 7.77. The monoisotopic (exact) mass is 412 g/mol. The van der Waals surface area contributed by atoms with E-state index in [1.807, 2.05) is 25.1 Å². The molecular weight excluding hydrogens is 384 g/mol.